The van der Waals surface area contributed by atoms with E-state index in [0.29, 0.717) is 30.0 Å². The molecular formula is C19H19F3N2O. The van der Waals surface area contributed by atoms with E-state index < -0.39 is 11.7 Å². The second-order valence-electron chi connectivity index (χ2n) is 6.10. The van der Waals surface area contributed by atoms with E-state index in [1.807, 2.05) is 36.6 Å². The van der Waals surface area contributed by atoms with Gasteiger partial charge in [0.1, 0.15) is 5.82 Å². The Morgan fingerprint density at radius 2 is 1.84 bits per heavy atom. The minimum absolute atomic E-state index is 0.334. The second-order valence-corrected chi connectivity index (χ2v) is 6.10. The molecule has 0 bridgehead atoms. The summed E-state index contributed by atoms with van der Waals surface area (Å²) < 4.78 is 46.1. The Kier molecular flexibility index (Phi) is 4.56. The normalized spacial score (nSPS) is 12.1. The molecule has 0 saturated heterocycles. The van der Waals surface area contributed by atoms with Crippen LogP contribution in [0.2, 0.25) is 0 Å². The van der Waals surface area contributed by atoms with Crippen LogP contribution in [-0.4, -0.2) is 23.3 Å². The molecule has 3 nitrogen and oxygen atoms in total. The van der Waals surface area contributed by atoms with Crippen molar-refractivity contribution in [3.63, 3.8) is 0 Å². The van der Waals surface area contributed by atoms with Gasteiger partial charge in [0.15, 0.2) is 0 Å². The zero-order valence-electron chi connectivity index (χ0n) is 14.3. The highest BCUT2D eigenvalue weighted by atomic mass is 19.4. The van der Waals surface area contributed by atoms with Crippen LogP contribution in [0.4, 0.5) is 13.2 Å². The van der Waals surface area contributed by atoms with Gasteiger partial charge in [0.05, 0.1) is 23.2 Å². The van der Waals surface area contributed by atoms with Gasteiger partial charge in [-0.15, -0.1) is 0 Å². The van der Waals surface area contributed by atoms with E-state index in [1.54, 1.807) is 7.11 Å². The number of rotatable bonds is 4. The fraction of sp³-hybridized carbons (Fsp3) is 0.316. The summed E-state index contributed by atoms with van der Waals surface area (Å²) in [6.45, 7) is 4.94. The van der Waals surface area contributed by atoms with Crippen molar-refractivity contribution < 1.29 is 17.9 Å². The van der Waals surface area contributed by atoms with Crippen LogP contribution in [0.15, 0.2) is 36.4 Å². The van der Waals surface area contributed by atoms with E-state index in [0.717, 1.165) is 28.8 Å². The summed E-state index contributed by atoms with van der Waals surface area (Å²) in [5.41, 5.74) is 3.38. The third-order valence-electron chi connectivity index (χ3n) is 4.22. The molecule has 1 aromatic heterocycles. The van der Waals surface area contributed by atoms with Crippen LogP contribution in [0.3, 0.4) is 0 Å². The zero-order chi connectivity index (χ0) is 18.2. The summed E-state index contributed by atoms with van der Waals surface area (Å²) in [7, 11) is 1.59. The molecule has 6 heteroatoms. The molecule has 3 aromatic rings. The van der Waals surface area contributed by atoms with E-state index in [4.69, 9.17) is 4.74 Å². The maximum Gasteiger partial charge on any atom is 0.416 e. The number of methoxy groups -OCH3 is 1. The summed E-state index contributed by atoms with van der Waals surface area (Å²) in [5, 5.41) is 0. The van der Waals surface area contributed by atoms with Crippen molar-refractivity contribution in [1.82, 2.24) is 9.55 Å². The molecule has 0 aliphatic carbocycles. The number of aromatic nitrogens is 2. The van der Waals surface area contributed by atoms with E-state index in [9.17, 15) is 13.2 Å². The predicted octanol–water partition coefficient (Wildman–Crippen LogP) is 4.99. The van der Waals surface area contributed by atoms with Crippen molar-refractivity contribution in [2.75, 3.05) is 13.7 Å². The first kappa shape index (κ1) is 17.5. The first-order valence-electron chi connectivity index (χ1n) is 7.95. The Balaban J connectivity index is 2.22. The molecule has 0 N–H and O–H groups in total. The zero-order valence-corrected chi connectivity index (χ0v) is 14.3. The Bertz CT molecular complexity index is 913. The molecule has 132 valence electrons. The maximum atomic E-state index is 13.0. The van der Waals surface area contributed by atoms with Crippen molar-refractivity contribution >= 4 is 11.0 Å². The molecule has 0 amide bonds. The van der Waals surface area contributed by atoms with Crippen molar-refractivity contribution in [2.24, 2.45) is 0 Å². The molecule has 2 aromatic carbocycles. The number of alkyl halides is 3. The van der Waals surface area contributed by atoms with Gasteiger partial charge >= 0.3 is 6.18 Å². The van der Waals surface area contributed by atoms with Crippen molar-refractivity contribution in [1.29, 1.82) is 0 Å². The highest BCUT2D eigenvalue weighted by molar-refractivity contribution is 5.82. The molecule has 0 aliphatic rings. The molecule has 0 saturated carbocycles. The molecule has 0 fully saturated rings. The molecule has 25 heavy (non-hydrogen) atoms. The van der Waals surface area contributed by atoms with Gasteiger partial charge in [0.25, 0.3) is 0 Å². The van der Waals surface area contributed by atoms with Gasteiger partial charge in [-0.2, -0.15) is 13.2 Å². The molecule has 1 heterocycles. The van der Waals surface area contributed by atoms with E-state index in [2.05, 4.69) is 4.98 Å². The number of fused-ring (bicyclic) bond motifs is 1. The molecular weight excluding hydrogens is 329 g/mol. The number of ether oxygens (including phenoxy) is 1. The fourth-order valence-corrected chi connectivity index (χ4v) is 2.99. The first-order valence-corrected chi connectivity index (χ1v) is 7.95. The van der Waals surface area contributed by atoms with Crippen molar-refractivity contribution in [3.8, 4) is 11.4 Å². The smallest absolute Gasteiger partial charge is 0.383 e. The summed E-state index contributed by atoms with van der Waals surface area (Å²) >= 11 is 0. The lowest BCUT2D eigenvalue weighted by Gasteiger charge is -2.11. The minimum Gasteiger partial charge on any atom is -0.383 e. The van der Waals surface area contributed by atoms with Gasteiger partial charge in [-0.05, 0) is 37.6 Å². The number of benzene rings is 2. The average molecular weight is 348 g/mol. The standard InChI is InChI=1S/C19H19F3N2O/c1-12-4-6-15(13(2)10-12)18-23-16-11-14(19(20,21)22)5-7-17(16)24(18)8-9-25-3/h4-7,10-11H,8-9H2,1-3H3. The van der Waals surface area contributed by atoms with Gasteiger partial charge < -0.3 is 9.30 Å². The van der Waals surface area contributed by atoms with Crippen molar-refractivity contribution in [2.45, 2.75) is 26.6 Å². The molecule has 0 unspecified atom stereocenters. The van der Waals surface area contributed by atoms with Gasteiger partial charge in [-0.25, -0.2) is 4.98 Å². The lowest BCUT2D eigenvalue weighted by Crippen LogP contribution is -2.07. The van der Waals surface area contributed by atoms with Gasteiger partial charge in [0.2, 0.25) is 0 Å². The number of nitrogens with zero attached hydrogens (tertiary/aromatic N) is 2. The monoisotopic (exact) mass is 348 g/mol. The lowest BCUT2D eigenvalue weighted by molar-refractivity contribution is -0.137. The number of hydrogen-bond donors (Lipinski definition) is 0. The van der Waals surface area contributed by atoms with Crippen LogP contribution in [-0.2, 0) is 17.5 Å². The summed E-state index contributed by atoms with van der Waals surface area (Å²) in [6, 6.07) is 9.65. The Hall–Kier alpha value is -2.34. The summed E-state index contributed by atoms with van der Waals surface area (Å²) in [4.78, 5) is 4.51. The third kappa shape index (κ3) is 3.39. The summed E-state index contributed by atoms with van der Waals surface area (Å²) in [6.07, 6.45) is -4.38. The third-order valence-corrected chi connectivity index (χ3v) is 4.22. The molecule has 0 radical (unpaired) electrons. The molecule has 0 atom stereocenters. The van der Waals surface area contributed by atoms with Gasteiger partial charge in [0, 0.05) is 19.2 Å². The number of imidazole rings is 1. The fourth-order valence-electron chi connectivity index (χ4n) is 2.99. The largest absolute Gasteiger partial charge is 0.416 e. The van der Waals surface area contributed by atoms with Gasteiger partial charge in [-0.3, -0.25) is 0 Å². The lowest BCUT2D eigenvalue weighted by atomic mass is 10.1. The van der Waals surface area contributed by atoms with Gasteiger partial charge in [-0.1, -0.05) is 23.8 Å². The van der Waals surface area contributed by atoms with Crippen LogP contribution in [0.1, 0.15) is 16.7 Å². The Morgan fingerprint density at radius 3 is 2.48 bits per heavy atom. The van der Waals surface area contributed by atoms with Crippen LogP contribution >= 0.6 is 0 Å². The average Bonchev–Trinajstić information content (AvgIpc) is 2.89. The highest BCUT2D eigenvalue weighted by Crippen LogP contribution is 2.33. The minimum atomic E-state index is -4.38. The van der Waals surface area contributed by atoms with E-state index >= 15 is 0 Å². The molecule has 0 spiro atoms. The first-order chi connectivity index (χ1) is 11.8. The van der Waals surface area contributed by atoms with E-state index in [-0.39, 0.29) is 0 Å². The maximum absolute atomic E-state index is 13.0. The SMILES string of the molecule is COCCn1c(-c2ccc(C)cc2C)nc2cc(C(F)(F)F)ccc21. The summed E-state index contributed by atoms with van der Waals surface area (Å²) in [5.74, 6) is 0.656. The number of hydrogen-bond acceptors (Lipinski definition) is 2. The van der Waals surface area contributed by atoms with Crippen LogP contribution in [0.5, 0.6) is 0 Å². The van der Waals surface area contributed by atoms with E-state index in [1.165, 1.54) is 6.07 Å². The predicted molar refractivity (Wildman–Crippen MR) is 91.5 cm³/mol. The van der Waals surface area contributed by atoms with Crippen LogP contribution in [0, 0.1) is 13.8 Å². The Labute approximate surface area is 144 Å². The number of halogens is 3. The van der Waals surface area contributed by atoms with Crippen molar-refractivity contribution in [3.05, 3.63) is 53.1 Å². The van der Waals surface area contributed by atoms with Crippen LogP contribution in [0.25, 0.3) is 22.4 Å². The second kappa shape index (κ2) is 6.52. The molecule has 0 aliphatic heterocycles. The highest BCUT2D eigenvalue weighted by Gasteiger charge is 2.31. The number of aryl methyl sites for hydroxylation is 2. The molecule has 3 rings (SSSR count). The topological polar surface area (TPSA) is 27.1 Å². The quantitative estimate of drug-likeness (QED) is 0.664. The Morgan fingerprint density at radius 1 is 1.08 bits per heavy atom. The van der Waals surface area contributed by atoms with Crippen LogP contribution < -0.4 is 0 Å².